The second-order valence-electron chi connectivity index (χ2n) is 6.81. The smallest absolute Gasteiger partial charge is 0.228 e. The highest BCUT2D eigenvalue weighted by Crippen LogP contribution is 2.32. The molecule has 9 nitrogen and oxygen atoms in total. The number of hydrogen-bond acceptors (Lipinski definition) is 7. The molecule has 4 rings (SSSR count). The number of anilines is 1. The van der Waals surface area contributed by atoms with E-state index in [2.05, 4.69) is 25.8 Å². The van der Waals surface area contributed by atoms with Gasteiger partial charge in [-0.05, 0) is 31.2 Å². The predicted octanol–water partition coefficient (Wildman–Crippen LogP) is 3.59. The molecule has 0 radical (unpaired) electrons. The van der Waals surface area contributed by atoms with E-state index in [4.69, 9.17) is 18.4 Å². The number of nitrogens with one attached hydrogen (secondary N) is 2. The second kappa shape index (κ2) is 11.6. The van der Waals surface area contributed by atoms with Gasteiger partial charge in [0.1, 0.15) is 5.76 Å². The maximum atomic E-state index is 5.78. The van der Waals surface area contributed by atoms with Crippen molar-refractivity contribution in [1.29, 1.82) is 0 Å². The second-order valence-corrected chi connectivity index (χ2v) is 6.81. The molecule has 3 aromatic rings. The number of benzene rings is 1. The lowest BCUT2D eigenvalue weighted by molar-refractivity contribution is 0.297. The molecule has 2 aromatic heterocycles. The maximum Gasteiger partial charge on any atom is 0.228 e. The van der Waals surface area contributed by atoms with Gasteiger partial charge in [-0.1, -0.05) is 5.16 Å². The predicted molar refractivity (Wildman–Crippen MR) is 127 cm³/mol. The highest BCUT2D eigenvalue weighted by molar-refractivity contribution is 14.0. The van der Waals surface area contributed by atoms with Crippen LogP contribution in [-0.4, -0.2) is 42.4 Å². The summed E-state index contributed by atoms with van der Waals surface area (Å²) in [4.78, 5) is 8.85. The maximum absolute atomic E-state index is 5.78. The third kappa shape index (κ3) is 6.88. The van der Waals surface area contributed by atoms with Crippen LogP contribution in [0.2, 0.25) is 0 Å². The zero-order chi connectivity index (χ0) is 20.6. The Hall–Kier alpha value is -2.76. The molecule has 0 amide bonds. The monoisotopic (exact) mass is 539 g/mol. The molecule has 10 heteroatoms. The first-order valence-corrected chi connectivity index (χ1v) is 10.0. The van der Waals surface area contributed by atoms with E-state index in [0.717, 1.165) is 35.8 Å². The van der Waals surface area contributed by atoms with Gasteiger partial charge in [0, 0.05) is 37.6 Å². The molecular weight excluding hydrogens is 513 g/mol. The molecule has 0 unspecified atom stereocenters. The number of fused-ring (bicyclic) bond motifs is 1. The molecule has 0 aliphatic carbocycles. The van der Waals surface area contributed by atoms with E-state index < -0.39 is 0 Å². The fourth-order valence-electron chi connectivity index (χ4n) is 2.98. The van der Waals surface area contributed by atoms with Crippen LogP contribution in [0.1, 0.15) is 23.9 Å². The Kier molecular flexibility index (Phi) is 8.56. The molecule has 31 heavy (non-hydrogen) atoms. The highest BCUT2D eigenvalue weighted by atomic mass is 127. The Bertz CT molecular complexity index is 974. The van der Waals surface area contributed by atoms with Crippen LogP contribution in [0.4, 0.5) is 5.69 Å². The third-order valence-electron chi connectivity index (χ3n) is 4.42. The molecule has 1 aliphatic rings. The van der Waals surface area contributed by atoms with E-state index >= 15 is 0 Å². The van der Waals surface area contributed by atoms with Crippen LogP contribution in [0.5, 0.6) is 11.5 Å². The summed E-state index contributed by atoms with van der Waals surface area (Å²) < 4.78 is 22.0. The van der Waals surface area contributed by atoms with Gasteiger partial charge in [0.25, 0.3) is 0 Å². The van der Waals surface area contributed by atoms with Crippen molar-refractivity contribution in [3.05, 3.63) is 54.1 Å². The average Bonchev–Trinajstić information content (AvgIpc) is 3.34. The molecule has 1 aliphatic heterocycles. The first kappa shape index (κ1) is 22.9. The van der Waals surface area contributed by atoms with Crippen LogP contribution >= 0.6 is 24.0 Å². The summed E-state index contributed by atoms with van der Waals surface area (Å²) in [7, 11) is 0. The molecule has 3 heterocycles. The highest BCUT2D eigenvalue weighted by Gasteiger charge is 2.12. The molecule has 2 N–H and O–H groups in total. The lowest BCUT2D eigenvalue weighted by Gasteiger charge is -2.14. The average molecular weight is 539 g/mol. The first-order valence-electron chi connectivity index (χ1n) is 10.0. The first-order chi connectivity index (χ1) is 14.8. The Morgan fingerprint density at radius 3 is 2.77 bits per heavy atom. The number of guanidine groups is 1. The SMILES string of the molecule is Cc1noc(CCN=C(NCCc2ccco2)Nc2ccc3c(c2)OCCCO3)n1.I. The summed E-state index contributed by atoms with van der Waals surface area (Å²) in [6.07, 6.45) is 3.85. The van der Waals surface area contributed by atoms with Crippen LogP contribution < -0.4 is 20.1 Å². The van der Waals surface area contributed by atoms with Crippen molar-refractivity contribution in [3.63, 3.8) is 0 Å². The number of aryl methyl sites for hydroxylation is 1. The Labute approximate surface area is 197 Å². The van der Waals surface area contributed by atoms with E-state index in [0.29, 0.717) is 50.4 Å². The summed E-state index contributed by atoms with van der Waals surface area (Å²) in [5, 5.41) is 10.5. The Morgan fingerprint density at radius 1 is 1.13 bits per heavy atom. The van der Waals surface area contributed by atoms with Crippen molar-refractivity contribution >= 4 is 35.6 Å². The third-order valence-corrected chi connectivity index (χ3v) is 4.42. The van der Waals surface area contributed by atoms with Crippen LogP contribution in [0.25, 0.3) is 0 Å². The quantitative estimate of drug-likeness (QED) is 0.267. The number of rotatable bonds is 7. The molecule has 0 saturated carbocycles. The van der Waals surface area contributed by atoms with E-state index in [1.54, 1.807) is 13.2 Å². The van der Waals surface area contributed by atoms with Crippen molar-refractivity contribution in [3.8, 4) is 11.5 Å². The fourth-order valence-corrected chi connectivity index (χ4v) is 2.98. The molecule has 0 fully saturated rings. The van der Waals surface area contributed by atoms with Gasteiger partial charge in [0.05, 0.1) is 26.0 Å². The summed E-state index contributed by atoms with van der Waals surface area (Å²) in [6.45, 7) is 4.27. The normalized spacial score (nSPS) is 13.3. The van der Waals surface area contributed by atoms with E-state index in [9.17, 15) is 0 Å². The number of nitrogens with zero attached hydrogens (tertiary/aromatic N) is 3. The summed E-state index contributed by atoms with van der Waals surface area (Å²) >= 11 is 0. The molecule has 0 saturated heterocycles. The summed E-state index contributed by atoms with van der Waals surface area (Å²) in [5.41, 5.74) is 0.858. The lowest BCUT2D eigenvalue weighted by atomic mass is 10.2. The molecule has 0 atom stereocenters. The van der Waals surface area contributed by atoms with Gasteiger partial charge in [-0.15, -0.1) is 24.0 Å². The number of hydrogen-bond donors (Lipinski definition) is 2. The standard InChI is InChI=1S/C21H25N5O4.HI/c1-15-24-20(30-26-15)8-10-23-21(22-9-7-17-4-2-11-27-17)25-16-5-6-18-19(14-16)29-13-3-12-28-18;/h2,4-6,11,14H,3,7-10,12-13H2,1H3,(H2,22,23,25);1H. The zero-order valence-corrected chi connectivity index (χ0v) is 19.6. The molecular formula is C21H26IN5O4. The van der Waals surface area contributed by atoms with E-state index in [1.807, 2.05) is 30.3 Å². The van der Waals surface area contributed by atoms with Crippen molar-refractivity contribution in [2.24, 2.45) is 4.99 Å². The van der Waals surface area contributed by atoms with Crippen molar-refractivity contribution in [1.82, 2.24) is 15.5 Å². The topological polar surface area (TPSA) is 107 Å². The van der Waals surface area contributed by atoms with Crippen molar-refractivity contribution in [2.75, 3.05) is 31.6 Å². The van der Waals surface area contributed by atoms with Gasteiger partial charge in [0.15, 0.2) is 23.3 Å². The van der Waals surface area contributed by atoms with Crippen LogP contribution in [-0.2, 0) is 12.8 Å². The lowest BCUT2D eigenvalue weighted by Crippen LogP contribution is -2.32. The number of aliphatic imine (C=N–C) groups is 1. The molecule has 1 aromatic carbocycles. The van der Waals surface area contributed by atoms with Crippen LogP contribution in [0, 0.1) is 6.92 Å². The summed E-state index contributed by atoms with van der Waals surface area (Å²) in [5.74, 6) is 4.24. The van der Waals surface area contributed by atoms with Gasteiger partial charge < -0.3 is 29.0 Å². The van der Waals surface area contributed by atoms with Gasteiger partial charge in [-0.25, -0.2) is 0 Å². The van der Waals surface area contributed by atoms with Crippen molar-refractivity contribution < 1.29 is 18.4 Å². The minimum Gasteiger partial charge on any atom is -0.490 e. The van der Waals surface area contributed by atoms with E-state index in [1.165, 1.54) is 0 Å². The van der Waals surface area contributed by atoms with Gasteiger partial charge in [0.2, 0.25) is 5.89 Å². The number of furan rings is 1. The zero-order valence-electron chi connectivity index (χ0n) is 17.3. The Morgan fingerprint density at radius 2 is 2.00 bits per heavy atom. The number of halogens is 1. The largest absolute Gasteiger partial charge is 0.490 e. The number of ether oxygens (including phenoxy) is 2. The fraction of sp³-hybridized carbons (Fsp3) is 0.381. The van der Waals surface area contributed by atoms with Crippen LogP contribution in [0.15, 0.2) is 50.5 Å². The summed E-state index contributed by atoms with van der Waals surface area (Å²) in [6, 6.07) is 9.61. The van der Waals surface area contributed by atoms with Gasteiger partial charge in [-0.2, -0.15) is 4.98 Å². The molecule has 0 bridgehead atoms. The van der Waals surface area contributed by atoms with Gasteiger partial charge >= 0.3 is 0 Å². The van der Waals surface area contributed by atoms with Crippen molar-refractivity contribution in [2.45, 2.75) is 26.2 Å². The number of aromatic nitrogens is 2. The minimum absolute atomic E-state index is 0. The van der Waals surface area contributed by atoms with E-state index in [-0.39, 0.29) is 24.0 Å². The Balaban J connectivity index is 0.00000272. The van der Waals surface area contributed by atoms with Crippen LogP contribution in [0.3, 0.4) is 0 Å². The van der Waals surface area contributed by atoms with Gasteiger partial charge in [-0.3, -0.25) is 4.99 Å². The molecule has 166 valence electrons. The molecule has 0 spiro atoms. The minimum atomic E-state index is 0.